The average molecular weight is 340 g/mol. The molecule has 1 fully saturated rings. The van der Waals surface area contributed by atoms with E-state index in [4.69, 9.17) is 0 Å². The Morgan fingerprint density at radius 1 is 1.40 bits per heavy atom. The van der Waals surface area contributed by atoms with Crippen molar-refractivity contribution in [2.45, 2.75) is 46.1 Å². The molecule has 1 aromatic rings. The van der Waals surface area contributed by atoms with Gasteiger partial charge in [0.1, 0.15) is 5.82 Å². The Kier molecular flexibility index (Phi) is 6.30. The van der Waals surface area contributed by atoms with E-state index in [0.29, 0.717) is 0 Å². The number of hydrogen-bond donors (Lipinski definition) is 1. The van der Waals surface area contributed by atoms with Crippen LogP contribution in [0.25, 0.3) is 0 Å². The zero-order valence-corrected chi connectivity index (χ0v) is 14.2. The number of aromatic nitrogens is 1. The molecule has 1 saturated carbocycles. The van der Waals surface area contributed by atoms with Gasteiger partial charge in [0.2, 0.25) is 0 Å². The van der Waals surface area contributed by atoms with Crippen molar-refractivity contribution in [3.8, 4) is 0 Å². The minimum Gasteiger partial charge on any atom is -0.356 e. The first-order chi connectivity index (χ1) is 9.74. The third kappa shape index (κ3) is 4.19. The van der Waals surface area contributed by atoms with E-state index in [1.165, 1.54) is 24.8 Å². The maximum absolute atomic E-state index is 4.68. The fraction of sp³-hybridized carbons (Fsp3) is 0.688. The molecule has 4 heteroatoms. The number of rotatable bonds is 8. The topological polar surface area (TPSA) is 28.2 Å². The minimum absolute atomic E-state index is 0.872. The molecule has 0 atom stereocenters. The number of pyridine rings is 1. The van der Waals surface area contributed by atoms with Gasteiger partial charge in [-0.3, -0.25) is 0 Å². The highest BCUT2D eigenvalue weighted by molar-refractivity contribution is 9.10. The Balaban J connectivity index is 2.09. The lowest BCUT2D eigenvalue weighted by Gasteiger charge is -2.33. The van der Waals surface area contributed by atoms with E-state index in [9.17, 15) is 0 Å². The van der Waals surface area contributed by atoms with Crippen molar-refractivity contribution in [3.63, 3.8) is 0 Å². The van der Waals surface area contributed by atoms with Crippen LogP contribution in [0.3, 0.4) is 0 Å². The Morgan fingerprint density at radius 3 is 2.80 bits per heavy atom. The van der Waals surface area contributed by atoms with Gasteiger partial charge in [-0.05, 0) is 60.6 Å². The van der Waals surface area contributed by atoms with Crippen LogP contribution in [-0.2, 0) is 6.54 Å². The van der Waals surface area contributed by atoms with Gasteiger partial charge in [-0.1, -0.05) is 13.3 Å². The van der Waals surface area contributed by atoms with Crippen LogP contribution in [0.4, 0.5) is 5.82 Å². The lowest BCUT2D eigenvalue weighted by Crippen LogP contribution is -2.34. The summed E-state index contributed by atoms with van der Waals surface area (Å²) in [6.45, 7) is 8.57. The Morgan fingerprint density at radius 2 is 2.20 bits per heavy atom. The average Bonchev–Trinajstić information content (AvgIpc) is 2.39. The van der Waals surface area contributed by atoms with Crippen LogP contribution in [0.1, 0.15) is 45.1 Å². The summed E-state index contributed by atoms with van der Waals surface area (Å²) in [6, 6.07) is 2.20. The second-order valence-electron chi connectivity index (χ2n) is 5.65. The second-order valence-corrected chi connectivity index (χ2v) is 6.56. The van der Waals surface area contributed by atoms with Gasteiger partial charge in [0.05, 0.1) is 0 Å². The van der Waals surface area contributed by atoms with Crippen LogP contribution >= 0.6 is 15.9 Å². The van der Waals surface area contributed by atoms with Gasteiger partial charge in [-0.2, -0.15) is 0 Å². The van der Waals surface area contributed by atoms with Crippen molar-refractivity contribution in [3.05, 3.63) is 22.3 Å². The zero-order chi connectivity index (χ0) is 14.4. The molecule has 0 unspecified atom stereocenters. The summed E-state index contributed by atoms with van der Waals surface area (Å²) >= 11 is 3.54. The highest BCUT2D eigenvalue weighted by atomic mass is 79.9. The number of nitrogens with zero attached hydrogens (tertiary/aromatic N) is 2. The molecule has 2 rings (SSSR count). The molecule has 0 spiro atoms. The van der Waals surface area contributed by atoms with Crippen LogP contribution in [0.5, 0.6) is 0 Å². The van der Waals surface area contributed by atoms with Crippen molar-refractivity contribution < 1.29 is 0 Å². The Bertz CT molecular complexity index is 418. The SMILES string of the molecule is CCCNCc1cc(Br)cnc1N(CC)CC1CCC1. The number of halogens is 1. The summed E-state index contributed by atoms with van der Waals surface area (Å²) in [6.07, 6.45) is 7.26. The molecule has 0 saturated heterocycles. The van der Waals surface area contributed by atoms with E-state index < -0.39 is 0 Å². The van der Waals surface area contributed by atoms with Crippen LogP contribution in [0.15, 0.2) is 16.7 Å². The summed E-state index contributed by atoms with van der Waals surface area (Å²) in [5.41, 5.74) is 1.30. The molecule has 0 aliphatic heterocycles. The van der Waals surface area contributed by atoms with Crippen molar-refractivity contribution in [1.29, 1.82) is 0 Å². The lowest BCUT2D eigenvalue weighted by atomic mass is 9.85. The van der Waals surface area contributed by atoms with Gasteiger partial charge in [0, 0.05) is 35.9 Å². The second kappa shape index (κ2) is 7.99. The number of anilines is 1. The molecule has 0 amide bonds. The summed E-state index contributed by atoms with van der Waals surface area (Å²) in [4.78, 5) is 7.12. The first-order valence-corrected chi connectivity index (χ1v) is 8.64. The van der Waals surface area contributed by atoms with Gasteiger partial charge in [-0.25, -0.2) is 4.98 Å². The molecule has 1 aliphatic rings. The van der Waals surface area contributed by atoms with Gasteiger partial charge in [0.25, 0.3) is 0 Å². The van der Waals surface area contributed by atoms with Gasteiger partial charge in [-0.15, -0.1) is 0 Å². The molecule has 0 radical (unpaired) electrons. The summed E-state index contributed by atoms with van der Waals surface area (Å²) in [5.74, 6) is 2.03. The molecule has 112 valence electrons. The predicted octanol–water partition coefficient (Wildman–Crippen LogP) is 3.97. The molecule has 1 heterocycles. The van der Waals surface area contributed by atoms with E-state index >= 15 is 0 Å². The molecule has 3 nitrogen and oxygen atoms in total. The molecular weight excluding hydrogens is 314 g/mol. The number of hydrogen-bond acceptors (Lipinski definition) is 3. The lowest BCUT2D eigenvalue weighted by molar-refractivity contribution is 0.318. The third-order valence-corrected chi connectivity index (χ3v) is 4.47. The Hall–Kier alpha value is -0.610. The maximum Gasteiger partial charge on any atom is 0.133 e. The highest BCUT2D eigenvalue weighted by Gasteiger charge is 2.22. The van der Waals surface area contributed by atoms with Crippen molar-refractivity contribution >= 4 is 21.7 Å². The molecular formula is C16H26BrN3. The van der Waals surface area contributed by atoms with Gasteiger partial charge in [0.15, 0.2) is 0 Å². The third-order valence-electron chi connectivity index (χ3n) is 4.04. The van der Waals surface area contributed by atoms with Gasteiger partial charge < -0.3 is 10.2 Å². The van der Waals surface area contributed by atoms with E-state index in [1.807, 2.05) is 6.20 Å². The van der Waals surface area contributed by atoms with Crippen LogP contribution in [0, 0.1) is 5.92 Å². The normalized spacial score (nSPS) is 15.2. The number of nitrogens with one attached hydrogen (secondary N) is 1. The van der Waals surface area contributed by atoms with E-state index in [-0.39, 0.29) is 0 Å². The van der Waals surface area contributed by atoms with Crippen molar-refractivity contribution in [2.75, 3.05) is 24.5 Å². The molecule has 1 N–H and O–H groups in total. The van der Waals surface area contributed by atoms with E-state index in [2.05, 4.69) is 51.0 Å². The predicted molar refractivity (Wildman–Crippen MR) is 89.2 cm³/mol. The fourth-order valence-corrected chi connectivity index (χ4v) is 3.02. The Labute approximate surface area is 131 Å². The summed E-state index contributed by atoms with van der Waals surface area (Å²) in [5, 5.41) is 3.49. The van der Waals surface area contributed by atoms with E-state index in [0.717, 1.165) is 48.8 Å². The molecule has 20 heavy (non-hydrogen) atoms. The van der Waals surface area contributed by atoms with Crippen LogP contribution in [0.2, 0.25) is 0 Å². The summed E-state index contributed by atoms with van der Waals surface area (Å²) in [7, 11) is 0. The smallest absolute Gasteiger partial charge is 0.133 e. The zero-order valence-electron chi connectivity index (χ0n) is 12.7. The molecule has 1 aliphatic carbocycles. The minimum atomic E-state index is 0.872. The molecule has 0 bridgehead atoms. The maximum atomic E-state index is 4.68. The van der Waals surface area contributed by atoms with Crippen molar-refractivity contribution in [2.24, 2.45) is 5.92 Å². The fourth-order valence-electron chi connectivity index (χ4n) is 2.64. The largest absolute Gasteiger partial charge is 0.356 e. The first kappa shape index (κ1) is 15.8. The quantitative estimate of drug-likeness (QED) is 0.726. The molecule has 0 aromatic carbocycles. The van der Waals surface area contributed by atoms with Gasteiger partial charge >= 0.3 is 0 Å². The monoisotopic (exact) mass is 339 g/mol. The standard InChI is InChI=1S/C16H26BrN3/c1-3-8-18-10-14-9-15(17)11-19-16(14)20(4-2)12-13-6-5-7-13/h9,11,13,18H,3-8,10,12H2,1-2H3. The summed E-state index contributed by atoms with van der Waals surface area (Å²) < 4.78 is 1.06. The molecule has 1 aromatic heterocycles. The first-order valence-electron chi connectivity index (χ1n) is 7.84. The van der Waals surface area contributed by atoms with Crippen LogP contribution in [-0.4, -0.2) is 24.6 Å². The van der Waals surface area contributed by atoms with Crippen LogP contribution < -0.4 is 10.2 Å². The van der Waals surface area contributed by atoms with Crippen molar-refractivity contribution in [1.82, 2.24) is 10.3 Å². The van der Waals surface area contributed by atoms with E-state index in [1.54, 1.807) is 0 Å². The highest BCUT2D eigenvalue weighted by Crippen LogP contribution is 2.30.